The lowest BCUT2D eigenvalue weighted by molar-refractivity contribution is 0.387. The van der Waals surface area contributed by atoms with Crippen LogP contribution in [-0.2, 0) is 0 Å². The molecule has 1 heterocycles. The van der Waals surface area contributed by atoms with E-state index >= 15 is 0 Å². The molecule has 1 aliphatic rings. The highest BCUT2D eigenvalue weighted by Crippen LogP contribution is 2.27. The summed E-state index contributed by atoms with van der Waals surface area (Å²) >= 11 is 5.33. The molecule has 0 atom stereocenters. The zero-order valence-electron chi connectivity index (χ0n) is 12.9. The fourth-order valence-corrected chi connectivity index (χ4v) is 3.01. The van der Waals surface area contributed by atoms with E-state index in [1.165, 1.54) is 12.1 Å². The van der Waals surface area contributed by atoms with Gasteiger partial charge in [-0.2, -0.15) is 0 Å². The number of halogens is 2. The third kappa shape index (κ3) is 3.73. The van der Waals surface area contributed by atoms with Gasteiger partial charge in [0.25, 0.3) is 0 Å². The predicted octanol–water partition coefficient (Wildman–Crippen LogP) is 3.19. The van der Waals surface area contributed by atoms with Crippen molar-refractivity contribution >= 4 is 28.7 Å². The van der Waals surface area contributed by atoms with Gasteiger partial charge in [-0.25, -0.2) is 8.78 Å². The summed E-state index contributed by atoms with van der Waals surface area (Å²) in [5, 5.41) is 13.2. The molecule has 3 rings (SSSR count). The van der Waals surface area contributed by atoms with E-state index in [1.807, 2.05) is 17.0 Å². The van der Waals surface area contributed by atoms with Gasteiger partial charge >= 0.3 is 0 Å². The summed E-state index contributed by atoms with van der Waals surface area (Å²) in [6, 6.07) is 10.4. The van der Waals surface area contributed by atoms with Crippen molar-refractivity contribution in [1.29, 1.82) is 0 Å². The summed E-state index contributed by atoms with van der Waals surface area (Å²) in [5.74, 6) is -1.05. The maximum Gasteiger partial charge on any atom is 0.173 e. The van der Waals surface area contributed by atoms with Gasteiger partial charge in [0.1, 0.15) is 17.4 Å². The van der Waals surface area contributed by atoms with Crippen molar-refractivity contribution in [1.82, 2.24) is 4.90 Å². The van der Waals surface area contributed by atoms with Gasteiger partial charge in [0.15, 0.2) is 5.11 Å². The van der Waals surface area contributed by atoms with Crippen LogP contribution in [0.2, 0.25) is 0 Å². The molecular weight excluding hydrogens is 332 g/mol. The molecule has 1 aliphatic heterocycles. The Morgan fingerprint density at radius 3 is 2.25 bits per heavy atom. The van der Waals surface area contributed by atoms with Crippen LogP contribution in [0.3, 0.4) is 0 Å². The number of thiocarbonyl (C=S) groups is 1. The minimum atomic E-state index is -0.648. The van der Waals surface area contributed by atoms with E-state index in [0.717, 1.165) is 11.8 Å². The van der Waals surface area contributed by atoms with Gasteiger partial charge in [0, 0.05) is 37.9 Å². The molecule has 2 N–H and O–H groups in total. The molecule has 0 spiro atoms. The monoisotopic (exact) mass is 349 g/mol. The third-order valence-electron chi connectivity index (χ3n) is 3.90. The molecule has 2 aromatic rings. The molecule has 0 amide bonds. The molecule has 7 heteroatoms. The van der Waals surface area contributed by atoms with Gasteiger partial charge in [-0.05, 0) is 36.5 Å². The number of nitrogens with zero attached hydrogens (tertiary/aromatic N) is 2. The lowest BCUT2D eigenvalue weighted by Gasteiger charge is -2.37. The van der Waals surface area contributed by atoms with Crippen molar-refractivity contribution in [3.8, 4) is 5.75 Å². The highest BCUT2D eigenvalue weighted by atomic mass is 32.1. The second kappa shape index (κ2) is 7.00. The lowest BCUT2D eigenvalue weighted by Crippen LogP contribution is -2.50. The first-order valence-corrected chi connectivity index (χ1v) is 7.99. The van der Waals surface area contributed by atoms with Crippen LogP contribution in [0.5, 0.6) is 5.75 Å². The molecule has 0 radical (unpaired) electrons. The van der Waals surface area contributed by atoms with Crippen LogP contribution in [0.15, 0.2) is 42.5 Å². The second-order valence-corrected chi connectivity index (χ2v) is 5.94. The Kier molecular flexibility index (Phi) is 4.80. The fraction of sp³-hybridized carbons (Fsp3) is 0.235. The highest BCUT2D eigenvalue weighted by molar-refractivity contribution is 7.80. The summed E-state index contributed by atoms with van der Waals surface area (Å²) in [7, 11) is 0. The van der Waals surface area contributed by atoms with Crippen LogP contribution in [0, 0.1) is 11.6 Å². The number of nitrogens with one attached hydrogen (secondary N) is 1. The van der Waals surface area contributed by atoms with E-state index in [1.54, 1.807) is 12.1 Å². The summed E-state index contributed by atoms with van der Waals surface area (Å²) in [4.78, 5) is 4.02. The quantitative estimate of drug-likeness (QED) is 0.815. The molecule has 1 fully saturated rings. The Morgan fingerprint density at radius 2 is 1.62 bits per heavy atom. The summed E-state index contributed by atoms with van der Waals surface area (Å²) in [6.45, 7) is 2.68. The van der Waals surface area contributed by atoms with Crippen molar-refractivity contribution < 1.29 is 13.9 Å². The number of piperazine rings is 1. The Hall–Kier alpha value is -2.41. The minimum Gasteiger partial charge on any atom is -0.506 e. The summed E-state index contributed by atoms with van der Waals surface area (Å²) in [5.41, 5.74) is 1.09. The molecule has 24 heavy (non-hydrogen) atoms. The molecule has 4 nitrogen and oxygen atoms in total. The second-order valence-electron chi connectivity index (χ2n) is 5.55. The van der Waals surface area contributed by atoms with Gasteiger partial charge in [0.05, 0.1) is 5.69 Å². The van der Waals surface area contributed by atoms with Gasteiger partial charge < -0.3 is 20.2 Å². The number of hydrogen-bond acceptors (Lipinski definition) is 3. The smallest absolute Gasteiger partial charge is 0.173 e. The van der Waals surface area contributed by atoms with Crippen molar-refractivity contribution in [3.05, 3.63) is 54.1 Å². The maximum absolute atomic E-state index is 13.2. The van der Waals surface area contributed by atoms with E-state index in [-0.39, 0.29) is 5.75 Å². The van der Waals surface area contributed by atoms with E-state index in [4.69, 9.17) is 12.2 Å². The Balaban J connectivity index is 1.60. The summed E-state index contributed by atoms with van der Waals surface area (Å²) in [6.07, 6.45) is 0. The average molecular weight is 349 g/mol. The molecule has 0 aromatic heterocycles. The summed E-state index contributed by atoms with van der Waals surface area (Å²) < 4.78 is 26.5. The normalized spacial score (nSPS) is 14.6. The fourth-order valence-electron chi connectivity index (χ4n) is 2.71. The lowest BCUT2D eigenvalue weighted by atomic mass is 10.2. The molecular formula is C17H17F2N3OS. The SMILES string of the molecule is Oc1ccccc1N1CCN(C(=S)Nc2cc(F)cc(F)c2)CC1. The van der Waals surface area contributed by atoms with Gasteiger partial charge in [0.2, 0.25) is 0 Å². The Bertz CT molecular complexity index is 728. The largest absolute Gasteiger partial charge is 0.506 e. The topological polar surface area (TPSA) is 38.7 Å². The van der Waals surface area contributed by atoms with Crippen molar-refractivity contribution in [2.45, 2.75) is 0 Å². The molecule has 0 aliphatic carbocycles. The number of hydrogen-bond donors (Lipinski definition) is 2. The van der Waals surface area contributed by atoms with Crippen LogP contribution in [-0.4, -0.2) is 41.3 Å². The number of benzene rings is 2. The van der Waals surface area contributed by atoms with Crippen molar-refractivity contribution in [2.75, 3.05) is 36.4 Å². The standard InChI is InChI=1S/C17H17F2N3OS/c18-12-9-13(19)11-14(10-12)20-17(24)22-7-5-21(6-8-22)15-3-1-2-4-16(15)23/h1-4,9-11,23H,5-8H2,(H,20,24). The average Bonchev–Trinajstić information content (AvgIpc) is 2.54. The van der Waals surface area contributed by atoms with Crippen LogP contribution in [0.4, 0.5) is 20.2 Å². The van der Waals surface area contributed by atoms with E-state index in [9.17, 15) is 13.9 Å². The van der Waals surface area contributed by atoms with Crippen LogP contribution >= 0.6 is 12.2 Å². The number of phenolic OH excluding ortho intramolecular Hbond substituents is 1. The van der Waals surface area contributed by atoms with Crippen molar-refractivity contribution in [3.63, 3.8) is 0 Å². The molecule has 0 saturated carbocycles. The van der Waals surface area contributed by atoms with Crippen LogP contribution in [0.1, 0.15) is 0 Å². The molecule has 0 unspecified atom stereocenters. The molecule has 0 bridgehead atoms. The van der Waals surface area contributed by atoms with Gasteiger partial charge in [-0.15, -0.1) is 0 Å². The third-order valence-corrected chi connectivity index (χ3v) is 4.26. The van der Waals surface area contributed by atoms with Crippen LogP contribution in [0.25, 0.3) is 0 Å². The first kappa shape index (κ1) is 16.4. The zero-order chi connectivity index (χ0) is 17.1. The molecule has 2 aromatic carbocycles. The van der Waals surface area contributed by atoms with E-state index in [0.29, 0.717) is 37.0 Å². The number of para-hydroxylation sites is 2. The molecule has 126 valence electrons. The van der Waals surface area contributed by atoms with Gasteiger partial charge in [-0.3, -0.25) is 0 Å². The Labute approximate surface area is 144 Å². The van der Waals surface area contributed by atoms with Gasteiger partial charge in [-0.1, -0.05) is 12.1 Å². The number of phenols is 1. The highest BCUT2D eigenvalue weighted by Gasteiger charge is 2.20. The number of rotatable bonds is 2. The first-order chi connectivity index (χ1) is 11.5. The van der Waals surface area contributed by atoms with E-state index in [2.05, 4.69) is 10.2 Å². The van der Waals surface area contributed by atoms with Crippen molar-refractivity contribution in [2.24, 2.45) is 0 Å². The predicted molar refractivity (Wildman–Crippen MR) is 94.5 cm³/mol. The number of anilines is 2. The van der Waals surface area contributed by atoms with Crippen LogP contribution < -0.4 is 10.2 Å². The maximum atomic E-state index is 13.2. The first-order valence-electron chi connectivity index (χ1n) is 7.58. The zero-order valence-corrected chi connectivity index (χ0v) is 13.7. The van der Waals surface area contributed by atoms with E-state index < -0.39 is 11.6 Å². The number of aromatic hydroxyl groups is 1. The Morgan fingerprint density at radius 1 is 1.00 bits per heavy atom. The minimum absolute atomic E-state index is 0.252. The molecule has 1 saturated heterocycles.